The van der Waals surface area contributed by atoms with Crippen LogP contribution in [0, 0.1) is 0 Å². The monoisotopic (exact) mass is 375 g/mol. The highest BCUT2D eigenvalue weighted by atomic mass is 79.9. The smallest absolute Gasteiger partial charge is 0.318 e. The molecule has 122 valence electrons. The minimum absolute atomic E-state index is 0.0159. The van der Waals surface area contributed by atoms with E-state index in [9.17, 15) is 4.79 Å². The lowest BCUT2D eigenvalue weighted by Gasteiger charge is -2.39. The number of carbonyl (C=O) groups excluding carboxylic acids is 1. The molecule has 23 heavy (non-hydrogen) atoms. The van der Waals surface area contributed by atoms with Gasteiger partial charge in [0.25, 0.3) is 0 Å². The van der Waals surface area contributed by atoms with Gasteiger partial charge in [-0.2, -0.15) is 0 Å². The fourth-order valence-corrected chi connectivity index (χ4v) is 3.25. The van der Waals surface area contributed by atoms with Gasteiger partial charge in [0.15, 0.2) is 0 Å². The summed E-state index contributed by atoms with van der Waals surface area (Å²) >= 11 is 3.48. The van der Waals surface area contributed by atoms with E-state index in [-0.39, 0.29) is 17.6 Å². The molecule has 1 unspecified atom stereocenters. The Hall–Kier alpha value is -1.75. The van der Waals surface area contributed by atoms with Gasteiger partial charge in [-0.05, 0) is 50.6 Å². The summed E-state index contributed by atoms with van der Waals surface area (Å²) < 4.78 is 3.27. The van der Waals surface area contributed by atoms with Gasteiger partial charge in [0, 0.05) is 35.0 Å². The summed E-state index contributed by atoms with van der Waals surface area (Å²) in [5.41, 5.74) is 2.03. The topological polar surface area (TPSA) is 37.3 Å². The van der Waals surface area contributed by atoms with E-state index < -0.39 is 0 Å². The van der Waals surface area contributed by atoms with E-state index in [0.29, 0.717) is 6.54 Å². The van der Waals surface area contributed by atoms with Gasteiger partial charge < -0.3 is 14.8 Å². The molecule has 0 aliphatic carbocycles. The van der Waals surface area contributed by atoms with E-state index in [1.54, 1.807) is 0 Å². The third-order valence-electron chi connectivity index (χ3n) is 3.97. The number of urea groups is 1. The van der Waals surface area contributed by atoms with Crippen LogP contribution in [-0.4, -0.2) is 27.6 Å². The van der Waals surface area contributed by atoms with E-state index in [4.69, 9.17) is 0 Å². The minimum atomic E-state index is -0.249. The number of benzene rings is 1. The molecule has 2 amide bonds. The molecule has 0 bridgehead atoms. The summed E-state index contributed by atoms with van der Waals surface area (Å²) in [6.07, 6.45) is 2.08. The third-order valence-corrected chi connectivity index (χ3v) is 4.50. The highest BCUT2D eigenvalue weighted by molar-refractivity contribution is 9.10. The van der Waals surface area contributed by atoms with Crippen LogP contribution in [0.15, 0.2) is 47.1 Å². The maximum Gasteiger partial charge on any atom is 0.318 e. The summed E-state index contributed by atoms with van der Waals surface area (Å²) in [5, 5.41) is 3.09. The van der Waals surface area contributed by atoms with Gasteiger partial charge in [0.2, 0.25) is 0 Å². The van der Waals surface area contributed by atoms with Crippen LogP contribution < -0.4 is 5.32 Å². The Morgan fingerprint density at radius 1 is 1.17 bits per heavy atom. The van der Waals surface area contributed by atoms with Crippen LogP contribution in [0.4, 0.5) is 4.79 Å². The first-order chi connectivity index (χ1) is 10.8. The first-order valence-corrected chi connectivity index (χ1v) is 8.64. The Labute approximate surface area is 145 Å². The molecule has 0 fully saturated rings. The summed E-state index contributed by atoms with van der Waals surface area (Å²) in [5.74, 6) is 0. The van der Waals surface area contributed by atoms with Crippen molar-refractivity contribution >= 4 is 22.0 Å². The van der Waals surface area contributed by atoms with Gasteiger partial charge in [0.05, 0.1) is 6.04 Å². The largest absolute Gasteiger partial charge is 0.348 e. The Bertz CT molecular complexity index is 700. The fraction of sp³-hybridized carbons (Fsp3) is 0.389. The Kier molecular flexibility index (Phi) is 4.23. The Morgan fingerprint density at radius 2 is 1.87 bits per heavy atom. The predicted molar refractivity (Wildman–Crippen MR) is 95.4 cm³/mol. The van der Waals surface area contributed by atoms with E-state index >= 15 is 0 Å². The molecule has 1 aliphatic heterocycles. The number of carbonyl (C=O) groups is 1. The molecule has 0 saturated heterocycles. The van der Waals surface area contributed by atoms with Gasteiger partial charge in [-0.3, -0.25) is 0 Å². The van der Waals surface area contributed by atoms with Crippen LogP contribution in [-0.2, 0) is 6.54 Å². The van der Waals surface area contributed by atoms with E-state index in [1.807, 2.05) is 43.9 Å². The van der Waals surface area contributed by atoms with Crippen LogP contribution in [0.3, 0.4) is 0 Å². The van der Waals surface area contributed by atoms with E-state index in [2.05, 4.69) is 50.2 Å². The normalized spacial score (nSPS) is 17.7. The van der Waals surface area contributed by atoms with Crippen molar-refractivity contribution in [3.63, 3.8) is 0 Å². The average Bonchev–Trinajstić information content (AvgIpc) is 2.93. The first kappa shape index (κ1) is 16.1. The maximum atomic E-state index is 12.8. The van der Waals surface area contributed by atoms with Crippen molar-refractivity contribution < 1.29 is 4.79 Å². The lowest BCUT2D eigenvalue weighted by molar-refractivity contribution is 0.161. The van der Waals surface area contributed by atoms with Crippen molar-refractivity contribution in [1.82, 2.24) is 14.8 Å². The predicted octanol–water partition coefficient (Wildman–Crippen LogP) is 4.16. The average molecular weight is 376 g/mol. The molecule has 2 aromatic rings. The Balaban J connectivity index is 1.98. The molecular weight excluding hydrogens is 354 g/mol. The quantitative estimate of drug-likeness (QED) is 0.797. The lowest BCUT2D eigenvalue weighted by atomic mass is 10.00. The van der Waals surface area contributed by atoms with E-state index in [1.165, 1.54) is 0 Å². The van der Waals surface area contributed by atoms with Gasteiger partial charge in [0.1, 0.15) is 0 Å². The molecule has 1 aromatic heterocycles. The molecule has 0 saturated carbocycles. The zero-order valence-corrected chi connectivity index (χ0v) is 15.3. The van der Waals surface area contributed by atoms with Crippen LogP contribution >= 0.6 is 15.9 Å². The molecule has 0 radical (unpaired) electrons. The van der Waals surface area contributed by atoms with Crippen molar-refractivity contribution in [2.75, 3.05) is 6.54 Å². The number of aromatic nitrogens is 1. The van der Waals surface area contributed by atoms with Crippen molar-refractivity contribution in [3.05, 3.63) is 58.3 Å². The van der Waals surface area contributed by atoms with Crippen LogP contribution in [0.1, 0.15) is 38.1 Å². The van der Waals surface area contributed by atoms with Gasteiger partial charge in [-0.1, -0.05) is 28.1 Å². The molecule has 1 aliphatic rings. The molecule has 5 heteroatoms. The second-order valence-corrected chi connectivity index (χ2v) is 7.87. The van der Waals surface area contributed by atoms with Gasteiger partial charge in [-0.25, -0.2) is 4.79 Å². The maximum absolute atomic E-state index is 12.8. The molecule has 1 N–H and O–H groups in total. The SMILES string of the molecule is CC(C)(C)NC(=O)N1CCn2cccc2C1c1ccc(Br)cc1. The number of amides is 2. The number of hydrogen-bond acceptors (Lipinski definition) is 1. The molecule has 1 atom stereocenters. The highest BCUT2D eigenvalue weighted by Crippen LogP contribution is 2.33. The summed E-state index contributed by atoms with van der Waals surface area (Å²) in [6, 6.07) is 12.3. The number of nitrogens with one attached hydrogen (secondary N) is 1. The van der Waals surface area contributed by atoms with Crippen molar-refractivity contribution in [2.45, 2.75) is 38.9 Å². The lowest BCUT2D eigenvalue weighted by Crippen LogP contribution is -2.52. The zero-order chi connectivity index (χ0) is 16.6. The molecule has 1 aromatic carbocycles. The van der Waals surface area contributed by atoms with Crippen LogP contribution in [0.2, 0.25) is 0 Å². The highest BCUT2D eigenvalue weighted by Gasteiger charge is 2.33. The number of fused-ring (bicyclic) bond motifs is 1. The Morgan fingerprint density at radius 3 is 2.52 bits per heavy atom. The molecule has 2 heterocycles. The second-order valence-electron chi connectivity index (χ2n) is 6.95. The van der Waals surface area contributed by atoms with Crippen molar-refractivity contribution in [3.8, 4) is 0 Å². The van der Waals surface area contributed by atoms with Gasteiger partial charge >= 0.3 is 6.03 Å². The molecule has 0 spiro atoms. The molecular formula is C18H22BrN3O. The number of halogens is 1. The molecule has 4 nitrogen and oxygen atoms in total. The number of nitrogens with zero attached hydrogens (tertiary/aromatic N) is 2. The second kappa shape index (κ2) is 6.04. The van der Waals surface area contributed by atoms with Crippen molar-refractivity contribution in [1.29, 1.82) is 0 Å². The van der Waals surface area contributed by atoms with Crippen molar-refractivity contribution in [2.24, 2.45) is 0 Å². The van der Waals surface area contributed by atoms with E-state index in [0.717, 1.165) is 22.3 Å². The minimum Gasteiger partial charge on any atom is -0.348 e. The van der Waals surface area contributed by atoms with Crippen LogP contribution in [0.5, 0.6) is 0 Å². The summed E-state index contributed by atoms with van der Waals surface area (Å²) in [4.78, 5) is 14.7. The standard InChI is InChI=1S/C18H22BrN3O/c1-18(2,3)20-17(23)22-12-11-21-10-4-5-15(21)16(22)13-6-8-14(19)9-7-13/h4-10,16H,11-12H2,1-3H3,(H,20,23). The van der Waals surface area contributed by atoms with Gasteiger partial charge in [-0.15, -0.1) is 0 Å². The summed E-state index contributed by atoms with van der Waals surface area (Å²) in [6.45, 7) is 7.54. The summed E-state index contributed by atoms with van der Waals surface area (Å²) in [7, 11) is 0. The fourth-order valence-electron chi connectivity index (χ4n) is 2.99. The van der Waals surface area contributed by atoms with Crippen LogP contribution in [0.25, 0.3) is 0 Å². The third kappa shape index (κ3) is 3.44. The number of rotatable bonds is 1. The molecule has 3 rings (SSSR count). The first-order valence-electron chi connectivity index (χ1n) is 7.84. The number of hydrogen-bond donors (Lipinski definition) is 1. The zero-order valence-electron chi connectivity index (χ0n) is 13.7.